The second kappa shape index (κ2) is 8.63. The van der Waals surface area contributed by atoms with Gasteiger partial charge in [-0.3, -0.25) is 9.48 Å². The van der Waals surface area contributed by atoms with Crippen LogP contribution in [0.2, 0.25) is 0 Å². The summed E-state index contributed by atoms with van der Waals surface area (Å²) in [6.07, 6.45) is 3.51. The molecule has 0 atom stereocenters. The van der Waals surface area contributed by atoms with Gasteiger partial charge in [0.25, 0.3) is 5.91 Å². The Morgan fingerprint density at radius 2 is 1.88 bits per heavy atom. The van der Waals surface area contributed by atoms with Crippen LogP contribution >= 0.6 is 12.4 Å². The summed E-state index contributed by atoms with van der Waals surface area (Å²) in [4.78, 5) is 12.4. The average Bonchev–Trinajstić information content (AvgIpc) is 3.06. The fourth-order valence-electron chi connectivity index (χ4n) is 2.66. The number of hydrogen-bond donors (Lipinski definition) is 2. The fraction of sp³-hybridized carbons (Fsp3) is 0.375. The SMILES string of the molecule is Cl.Cn1cc(CNC(=O)c2ccc(S(=O)(=O)N3CCNCC3)cc2)cn1. The first-order valence-electron chi connectivity index (χ1n) is 8.03. The van der Waals surface area contributed by atoms with Crippen LogP contribution < -0.4 is 10.6 Å². The van der Waals surface area contributed by atoms with Crippen LogP contribution in [0, 0.1) is 0 Å². The van der Waals surface area contributed by atoms with Gasteiger partial charge in [0.1, 0.15) is 0 Å². The van der Waals surface area contributed by atoms with Crippen molar-refractivity contribution >= 4 is 28.3 Å². The number of hydrogen-bond acceptors (Lipinski definition) is 5. The Balaban J connectivity index is 0.00000243. The number of rotatable bonds is 5. The number of nitrogens with one attached hydrogen (secondary N) is 2. The van der Waals surface area contributed by atoms with Crippen molar-refractivity contribution in [3.63, 3.8) is 0 Å². The predicted molar refractivity (Wildman–Crippen MR) is 99.7 cm³/mol. The van der Waals surface area contributed by atoms with E-state index in [2.05, 4.69) is 15.7 Å². The molecule has 1 fully saturated rings. The van der Waals surface area contributed by atoms with E-state index in [4.69, 9.17) is 0 Å². The summed E-state index contributed by atoms with van der Waals surface area (Å²) in [5.74, 6) is -0.255. The molecule has 142 valence electrons. The Kier molecular flexibility index (Phi) is 6.76. The minimum absolute atomic E-state index is 0. The molecule has 0 bridgehead atoms. The zero-order chi connectivity index (χ0) is 17.9. The molecule has 3 rings (SSSR count). The number of nitrogens with zero attached hydrogens (tertiary/aromatic N) is 3. The Hall–Kier alpha value is -1.94. The highest BCUT2D eigenvalue weighted by Crippen LogP contribution is 2.17. The highest BCUT2D eigenvalue weighted by atomic mass is 35.5. The van der Waals surface area contributed by atoms with Crippen molar-refractivity contribution in [1.29, 1.82) is 0 Å². The van der Waals surface area contributed by atoms with Crippen molar-refractivity contribution in [3.8, 4) is 0 Å². The molecule has 0 radical (unpaired) electrons. The number of piperazine rings is 1. The molecule has 1 amide bonds. The van der Waals surface area contributed by atoms with E-state index in [0.29, 0.717) is 38.3 Å². The fourth-order valence-corrected chi connectivity index (χ4v) is 4.10. The summed E-state index contributed by atoms with van der Waals surface area (Å²) < 4.78 is 28.3. The van der Waals surface area contributed by atoms with Crippen LogP contribution in [0.15, 0.2) is 41.6 Å². The standard InChI is InChI=1S/C16H21N5O3S.ClH/c1-20-12-13(11-19-20)10-18-16(22)14-2-4-15(5-3-14)25(23,24)21-8-6-17-7-9-21;/h2-5,11-12,17H,6-10H2,1H3,(H,18,22);1H. The monoisotopic (exact) mass is 399 g/mol. The molecule has 1 saturated heterocycles. The Morgan fingerprint density at radius 1 is 1.23 bits per heavy atom. The maximum Gasteiger partial charge on any atom is 0.251 e. The van der Waals surface area contributed by atoms with Crippen LogP contribution in [0.1, 0.15) is 15.9 Å². The second-order valence-corrected chi connectivity index (χ2v) is 7.82. The van der Waals surface area contributed by atoms with E-state index in [1.54, 1.807) is 10.9 Å². The van der Waals surface area contributed by atoms with Crippen LogP contribution in [-0.2, 0) is 23.6 Å². The molecule has 2 N–H and O–H groups in total. The lowest BCUT2D eigenvalue weighted by molar-refractivity contribution is 0.0951. The minimum Gasteiger partial charge on any atom is -0.348 e. The number of aromatic nitrogens is 2. The van der Waals surface area contributed by atoms with E-state index in [-0.39, 0.29) is 23.2 Å². The van der Waals surface area contributed by atoms with Gasteiger partial charge in [-0.1, -0.05) is 0 Å². The van der Waals surface area contributed by atoms with E-state index >= 15 is 0 Å². The lowest BCUT2D eigenvalue weighted by atomic mass is 10.2. The Labute approximate surface area is 159 Å². The van der Waals surface area contributed by atoms with Gasteiger partial charge >= 0.3 is 0 Å². The Morgan fingerprint density at radius 3 is 2.46 bits per heavy atom. The molecule has 0 spiro atoms. The van der Waals surface area contributed by atoms with Crippen molar-refractivity contribution in [2.75, 3.05) is 26.2 Å². The summed E-state index contributed by atoms with van der Waals surface area (Å²) in [5, 5.41) is 9.96. The highest BCUT2D eigenvalue weighted by Gasteiger charge is 2.25. The summed E-state index contributed by atoms with van der Waals surface area (Å²) in [5.41, 5.74) is 1.32. The summed E-state index contributed by atoms with van der Waals surface area (Å²) in [6, 6.07) is 6.04. The molecule has 0 unspecified atom stereocenters. The minimum atomic E-state index is -3.51. The van der Waals surface area contributed by atoms with Crippen molar-refractivity contribution in [3.05, 3.63) is 47.8 Å². The first kappa shape index (κ1) is 20.4. The molecule has 10 heteroatoms. The highest BCUT2D eigenvalue weighted by molar-refractivity contribution is 7.89. The van der Waals surface area contributed by atoms with Gasteiger partial charge in [-0.2, -0.15) is 9.40 Å². The summed E-state index contributed by atoms with van der Waals surface area (Å²) in [6.45, 7) is 2.57. The molecular weight excluding hydrogens is 378 g/mol. The van der Waals surface area contributed by atoms with E-state index in [9.17, 15) is 13.2 Å². The van der Waals surface area contributed by atoms with Crippen LogP contribution in [-0.4, -0.2) is 54.6 Å². The van der Waals surface area contributed by atoms with E-state index in [1.807, 2.05) is 13.2 Å². The smallest absolute Gasteiger partial charge is 0.251 e. The molecule has 2 heterocycles. The predicted octanol–water partition coefficient (Wildman–Crippen LogP) is 0.366. The molecule has 2 aromatic rings. The normalized spacial score (nSPS) is 15.3. The molecule has 0 aliphatic carbocycles. The van der Waals surface area contributed by atoms with Crippen LogP contribution in [0.25, 0.3) is 0 Å². The number of benzene rings is 1. The van der Waals surface area contributed by atoms with Crippen molar-refractivity contribution < 1.29 is 13.2 Å². The molecule has 1 aliphatic heterocycles. The maximum absolute atomic E-state index is 12.6. The average molecular weight is 400 g/mol. The van der Waals surface area contributed by atoms with E-state index < -0.39 is 10.0 Å². The first-order chi connectivity index (χ1) is 12.0. The zero-order valence-corrected chi connectivity index (χ0v) is 16.0. The topological polar surface area (TPSA) is 96.3 Å². The molecule has 26 heavy (non-hydrogen) atoms. The van der Waals surface area contributed by atoms with Gasteiger partial charge in [0, 0.05) is 57.1 Å². The molecule has 1 aromatic carbocycles. The van der Waals surface area contributed by atoms with Gasteiger partial charge in [0.05, 0.1) is 11.1 Å². The van der Waals surface area contributed by atoms with Gasteiger partial charge in [-0.25, -0.2) is 8.42 Å². The lowest BCUT2D eigenvalue weighted by Crippen LogP contribution is -2.46. The quantitative estimate of drug-likeness (QED) is 0.757. The van der Waals surface area contributed by atoms with Gasteiger partial charge in [-0.05, 0) is 24.3 Å². The number of sulfonamides is 1. The van der Waals surface area contributed by atoms with Crippen molar-refractivity contribution in [2.45, 2.75) is 11.4 Å². The van der Waals surface area contributed by atoms with Crippen molar-refractivity contribution in [2.24, 2.45) is 7.05 Å². The van der Waals surface area contributed by atoms with Crippen molar-refractivity contribution in [1.82, 2.24) is 24.7 Å². The third-order valence-electron chi connectivity index (χ3n) is 4.04. The third-order valence-corrected chi connectivity index (χ3v) is 5.95. The Bertz CT molecular complexity index is 845. The molecule has 0 saturated carbocycles. The molecule has 1 aliphatic rings. The number of carbonyl (C=O) groups excluding carboxylic acids is 1. The molecule has 1 aromatic heterocycles. The van der Waals surface area contributed by atoms with Gasteiger partial charge in [-0.15, -0.1) is 12.4 Å². The molecule has 8 nitrogen and oxygen atoms in total. The number of halogens is 1. The van der Waals surface area contributed by atoms with Gasteiger partial charge < -0.3 is 10.6 Å². The third kappa shape index (κ3) is 4.61. The second-order valence-electron chi connectivity index (χ2n) is 5.88. The van der Waals surface area contributed by atoms with E-state index in [0.717, 1.165) is 5.56 Å². The van der Waals surface area contributed by atoms with E-state index in [1.165, 1.54) is 28.6 Å². The van der Waals surface area contributed by atoms with Crippen LogP contribution in [0.3, 0.4) is 0 Å². The number of carbonyl (C=O) groups is 1. The van der Waals surface area contributed by atoms with Gasteiger partial charge in [0.2, 0.25) is 10.0 Å². The summed E-state index contributed by atoms with van der Waals surface area (Å²) in [7, 11) is -1.70. The van der Waals surface area contributed by atoms with Crippen LogP contribution in [0.4, 0.5) is 0 Å². The zero-order valence-electron chi connectivity index (χ0n) is 14.4. The largest absolute Gasteiger partial charge is 0.348 e. The molecular formula is C16H22ClN5O3S. The lowest BCUT2D eigenvalue weighted by Gasteiger charge is -2.26. The van der Waals surface area contributed by atoms with Crippen LogP contribution in [0.5, 0.6) is 0 Å². The maximum atomic E-state index is 12.6. The first-order valence-corrected chi connectivity index (χ1v) is 9.47. The summed E-state index contributed by atoms with van der Waals surface area (Å²) >= 11 is 0. The van der Waals surface area contributed by atoms with Gasteiger partial charge in [0.15, 0.2) is 0 Å². The number of amides is 1. The number of aryl methyl sites for hydroxylation is 1.